The topological polar surface area (TPSA) is 248 Å². The molecule has 3 aliphatic rings. The lowest BCUT2D eigenvalue weighted by atomic mass is 10.0. The van der Waals surface area contributed by atoms with Gasteiger partial charge in [0.05, 0.1) is 6.61 Å². The van der Waals surface area contributed by atoms with E-state index >= 15 is 0 Å². The van der Waals surface area contributed by atoms with E-state index in [1.165, 1.54) is 0 Å². The molecule has 0 saturated carbocycles. The van der Waals surface area contributed by atoms with Gasteiger partial charge in [0.1, 0.15) is 54.9 Å². The van der Waals surface area contributed by atoms with E-state index < -0.39 is 93.0 Å². The van der Waals surface area contributed by atoms with E-state index in [1.807, 2.05) is 0 Å². The first-order valence-corrected chi connectivity index (χ1v) is 9.07. The molecular formula is C15H26O15. The van der Waals surface area contributed by atoms with Gasteiger partial charge in [-0.25, -0.2) is 0 Å². The number of hydrogen-bond acceptors (Lipinski definition) is 15. The summed E-state index contributed by atoms with van der Waals surface area (Å²) in [5.41, 5.74) is 0. The Morgan fingerprint density at radius 3 is 1.70 bits per heavy atom. The average Bonchev–Trinajstić information content (AvgIpc) is 2.71. The fraction of sp³-hybridized carbons (Fsp3) is 1.00. The Kier molecular flexibility index (Phi) is 7.61. The number of ether oxygens (including phenoxy) is 5. The minimum atomic E-state index is -1.98. The molecule has 176 valence electrons. The van der Waals surface area contributed by atoms with Crippen LogP contribution in [0, 0.1) is 0 Å². The molecule has 0 radical (unpaired) electrons. The van der Waals surface area contributed by atoms with E-state index in [0.29, 0.717) is 0 Å². The zero-order valence-electron chi connectivity index (χ0n) is 15.3. The van der Waals surface area contributed by atoms with Crippen molar-refractivity contribution in [1.82, 2.24) is 0 Å². The second kappa shape index (κ2) is 9.49. The number of hydrogen-bond donors (Lipinski definition) is 10. The van der Waals surface area contributed by atoms with Crippen LogP contribution in [0.15, 0.2) is 0 Å². The average molecular weight is 446 g/mol. The maximum Gasteiger partial charge on any atom is 0.189 e. The van der Waals surface area contributed by atoms with Crippen molar-refractivity contribution in [2.24, 2.45) is 0 Å². The highest BCUT2D eigenvalue weighted by Gasteiger charge is 2.51. The van der Waals surface area contributed by atoms with Crippen molar-refractivity contribution in [3.63, 3.8) is 0 Å². The highest BCUT2D eigenvalue weighted by atomic mass is 16.8. The highest BCUT2D eigenvalue weighted by Crippen LogP contribution is 2.29. The Bertz CT molecular complexity index is 566. The van der Waals surface area contributed by atoms with Crippen LogP contribution in [0.1, 0.15) is 0 Å². The summed E-state index contributed by atoms with van der Waals surface area (Å²) < 4.78 is 25.0. The molecule has 3 rings (SSSR count). The smallest absolute Gasteiger partial charge is 0.189 e. The van der Waals surface area contributed by atoms with Gasteiger partial charge in [0, 0.05) is 0 Å². The van der Waals surface area contributed by atoms with Crippen LogP contribution >= 0.6 is 0 Å². The van der Waals surface area contributed by atoms with Gasteiger partial charge in [0.25, 0.3) is 0 Å². The van der Waals surface area contributed by atoms with Crippen LogP contribution in [0.2, 0.25) is 0 Å². The summed E-state index contributed by atoms with van der Waals surface area (Å²) in [6, 6.07) is 0. The zero-order valence-corrected chi connectivity index (χ0v) is 15.3. The van der Waals surface area contributed by atoms with Gasteiger partial charge in [-0.15, -0.1) is 0 Å². The molecule has 10 N–H and O–H groups in total. The summed E-state index contributed by atoms with van der Waals surface area (Å²) >= 11 is 0. The van der Waals surface area contributed by atoms with Gasteiger partial charge in [-0.2, -0.15) is 0 Å². The maximum absolute atomic E-state index is 10.3. The van der Waals surface area contributed by atoms with Gasteiger partial charge in [-0.05, 0) is 0 Å². The van der Waals surface area contributed by atoms with Gasteiger partial charge in [0.15, 0.2) is 31.5 Å². The van der Waals surface area contributed by atoms with Crippen molar-refractivity contribution >= 4 is 0 Å². The van der Waals surface area contributed by atoms with E-state index in [9.17, 15) is 51.1 Å². The lowest BCUT2D eigenvalue weighted by Crippen LogP contribution is -2.64. The lowest BCUT2D eigenvalue weighted by Gasteiger charge is -2.45. The lowest BCUT2D eigenvalue weighted by molar-refractivity contribution is -0.403. The molecule has 3 fully saturated rings. The fourth-order valence-corrected chi connectivity index (χ4v) is 3.25. The first-order chi connectivity index (χ1) is 14.0. The van der Waals surface area contributed by atoms with Crippen LogP contribution in [-0.2, 0) is 23.7 Å². The van der Waals surface area contributed by atoms with Crippen LogP contribution in [0.4, 0.5) is 0 Å². The third-order valence-electron chi connectivity index (χ3n) is 5.12. The Morgan fingerprint density at radius 2 is 1.03 bits per heavy atom. The second-order valence-electron chi connectivity index (χ2n) is 7.22. The number of aliphatic hydroxyl groups excluding tert-OH is 10. The molecule has 0 aliphatic carbocycles. The first kappa shape index (κ1) is 24.1. The molecule has 0 aromatic rings. The quantitative estimate of drug-likeness (QED) is 0.193. The predicted octanol–water partition coefficient (Wildman–Crippen LogP) is -7.02. The predicted molar refractivity (Wildman–Crippen MR) is 85.5 cm³/mol. The molecule has 30 heavy (non-hydrogen) atoms. The summed E-state index contributed by atoms with van der Waals surface area (Å²) in [5.74, 6) is 0. The van der Waals surface area contributed by atoms with Crippen LogP contribution < -0.4 is 0 Å². The van der Waals surface area contributed by atoms with Crippen molar-refractivity contribution in [3.8, 4) is 0 Å². The van der Waals surface area contributed by atoms with Gasteiger partial charge in [0.2, 0.25) is 0 Å². The van der Waals surface area contributed by atoms with Crippen molar-refractivity contribution < 1.29 is 74.7 Å². The van der Waals surface area contributed by atoms with Crippen LogP contribution in [0.3, 0.4) is 0 Å². The molecule has 14 atom stereocenters. The number of aliphatic hydroxyl groups is 10. The molecule has 0 unspecified atom stereocenters. The highest BCUT2D eigenvalue weighted by molar-refractivity contribution is 4.91. The molecule has 0 bridgehead atoms. The third-order valence-corrected chi connectivity index (χ3v) is 5.12. The molecule has 3 aliphatic heterocycles. The second-order valence-corrected chi connectivity index (χ2v) is 7.22. The summed E-state index contributed by atoms with van der Waals surface area (Å²) in [7, 11) is 0. The van der Waals surface area contributed by atoms with E-state index in [0.717, 1.165) is 0 Å². The summed E-state index contributed by atoms with van der Waals surface area (Å²) in [5, 5.41) is 98.0. The van der Waals surface area contributed by atoms with E-state index in [1.54, 1.807) is 0 Å². The standard InChI is InChI=1S/C15H26O15/c16-3-2(1-26-11(23)6(3)19)27-14-9(22)5(18)10(13(25)30-14)28-15-8(21)4(17)7(20)12(24)29-15/h2-25H,1H2/t2-,3+,4+,5-,6-,7+,8-,9-,10+,11-,12+,13+,14-,15-/m1/s1. The summed E-state index contributed by atoms with van der Waals surface area (Å²) in [4.78, 5) is 0. The van der Waals surface area contributed by atoms with Crippen molar-refractivity contribution in [3.05, 3.63) is 0 Å². The minimum absolute atomic E-state index is 0.404. The van der Waals surface area contributed by atoms with Crippen molar-refractivity contribution in [2.45, 2.75) is 86.4 Å². The molecule has 3 saturated heterocycles. The monoisotopic (exact) mass is 446 g/mol. The van der Waals surface area contributed by atoms with E-state index in [-0.39, 0.29) is 0 Å². The van der Waals surface area contributed by atoms with Gasteiger partial charge in [-0.3, -0.25) is 0 Å². The molecule has 15 nitrogen and oxygen atoms in total. The van der Waals surface area contributed by atoms with E-state index in [2.05, 4.69) is 0 Å². The summed E-state index contributed by atoms with van der Waals surface area (Å²) in [6.45, 7) is -0.404. The van der Waals surface area contributed by atoms with E-state index in [4.69, 9.17) is 23.7 Å². The SMILES string of the molecule is O[C@@H]1[C@@H](O)[C@H](O[C@H]2[C@H](O)[C@@H](O)[C@H](O[C@@H]3CO[C@@H](O)[C@H](O)[C@H]3O)O[C@@H]2O)O[C@H](O)[C@H]1O. The zero-order chi connectivity index (χ0) is 22.3. The fourth-order valence-electron chi connectivity index (χ4n) is 3.25. The molecule has 0 spiro atoms. The largest absolute Gasteiger partial charge is 0.387 e. The molecule has 0 amide bonds. The van der Waals surface area contributed by atoms with Crippen LogP contribution in [-0.4, -0.2) is 144 Å². The Balaban J connectivity index is 1.62. The molecule has 3 heterocycles. The maximum atomic E-state index is 10.3. The van der Waals surface area contributed by atoms with Crippen LogP contribution in [0.5, 0.6) is 0 Å². The number of rotatable bonds is 4. The molecule has 0 aromatic carbocycles. The van der Waals surface area contributed by atoms with Gasteiger partial charge >= 0.3 is 0 Å². The van der Waals surface area contributed by atoms with Crippen molar-refractivity contribution in [1.29, 1.82) is 0 Å². The Morgan fingerprint density at radius 1 is 0.500 bits per heavy atom. The van der Waals surface area contributed by atoms with Gasteiger partial charge < -0.3 is 74.7 Å². The Labute approximate surface area is 168 Å². The molecular weight excluding hydrogens is 420 g/mol. The summed E-state index contributed by atoms with van der Waals surface area (Å²) in [6.07, 6.45) is -24.9. The van der Waals surface area contributed by atoms with Crippen molar-refractivity contribution in [2.75, 3.05) is 6.61 Å². The van der Waals surface area contributed by atoms with Gasteiger partial charge in [-0.1, -0.05) is 0 Å². The normalized spacial score (nSPS) is 55.4. The first-order valence-electron chi connectivity index (χ1n) is 9.07. The third kappa shape index (κ3) is 4.60. The van der Waals surface area contributed by atoms with Crippen LogP contribution in [0.25, 0.3) is 0 Å². The Hall–Kier alpha value is -0.600. The molecule has 0 aromatic heterocycles. The molecule has 15 heteroatoms. The minimum Gasteiger partial charge on any atom is -0.387 e.